The zero-order valence-corrected chi connectivity index (χ0v) is 29.4. The summed E-state index contributed by atoms with van der Waals surface area (Å²) in [5.74, 6) is 2.56. The number of rotatable bonds is 5. The highest BCUT2D eigenvalue weighted by atomic mass is 14.5. The highest BCUT2D eigenvalue weighted by Crippen LogP contribution is 2.57. The van der Waals surface area contributed by atoms with Gasteiger partial charge in [0.2, 0.25) is 0 Å². The van der Waals surface area contributed by atoms with E-state index in [4.69, 9.17) is 0 Å². The Morgan fingerprint density at radius 1 is 0.694 bits per heavy atom. The molecule has 0 aromatic heterocycles. The molecular weight excluding hydrogens is 589 g/mol. The van der Waals surface area contributed by atoms with Gasteiger partial charge < -0.3 is 0 Å². The fraction of sp³-hybridized carbons (Fsp3) is 0.265. The summed E-state index contributed by atoms with van der Waals surface area (Å²) in [7, 11) is 0. The summed E-state index contributed by atoms with van der Waals surface area (Å²) in [4.78, 5) is 0. The minimum atomic E-state index is 0.368. The lowest BCUT2D eigenvalue weighted by Crippen LogP contribution is -2.08. The molecule has 4 aromatic carbocycles. The van der Waals surface area contributed by atoms with Crippen LogP contribution in [-0.4, -0.2) is 0 Å². The summed E-state index contributed by atoms with van der Waals surface area (Å²) in [5, 5.41) is 0. The van der Waals surface area contributed by atoms with Gasteiger partial charge >= 0.3 is 0 Å². The Morgan fingerprint density at radius 2 is 1.41 bits per heavy atom. The lowest BCUT2D eigenvalue weighted by atomic mass is 9.83. The van der Waals surface area contributed by atoms with E-state index in [1.165, 1.54) is 91.7 Å². The molecule has 49 heavy (non-hydrogen) atoms. The molecule has 0 N–H and O–H groups in total. The summed E-state index contributed by atoms with van der Waals surface area (Å²) >= 11 is 0. The molecule has 0 aliphatic heterocycles. The number of hydrogen-bond donors (Lipinski definition) is 0. The number of hydrogen-bond acceptors (Lipinski definition) is 0. The Balaban J connectivity index is 1.09. The van der Waals surface area contributed by atoms with E-state index in [0.29, 0.717) is 29.6 Å². The zero-order chi connectivity index (χ0) is 33.8. The summed E-state index contributed by atoms with van der Waals surface area (Å²) in [6, 6.07) is 36.5. The Morgan fingerprint density at radius 3 is 2.12 bits per heavy atom. The minimum Gasteiger partial charge on any atom is -0.0989 e. The number of fused-ring (bicyclic) bond motifs is 3. The Hall–Kier alpha value is -4.68. The van der Waals surface area contributed by atoms with Gasteiger partial charge in [0.25, 0.3) is 0 Å². The molecule has 0 spiro atoms. The van der Waals surface area contributed by atoms with Crippen LogP contribution in [0, 0.1) is 24.7 Å². The maximum absolute atomic E-state index is 4.58. The standard InChI is InChI=1S/C49H48/c1-30-15-20-39(21-16-30)47(38-11-8-7-9-12-38)27-36-17-22-40(23-18-36)49-43-14-10-13-42(43)48-28-37(19-24-44(48)49)26-41-29-46(35(6)33(41)4)45-25-31(2)32(3)34(45)5/h7-9,11-12,15-24,26-28,32,35,42-43,49H,2,4-5,10,13-14,25,29H2,1,3,6H3. The highest BCUT2D eigenvalue weighted by molar-refractivity contribution is 5.91. The van der Waals surface area contributed by atoms with E-state index >= 15 is 0 Å². The maximum Gasteiger partial charge on any atom is 0.0126 e. The molecule has 244 valence electrons. The first-order chi connectivity index (χ1) is 23.8. The molecule has 8 rings (SSSR count). The molecule has 0 amide bonds. The molecule has 5 unspecified atom stereocenters. The second kappa shape index (κ2) is 12.6. The molecule has 3 saturated carbocycles. The molecule has 0 heterocycles. The Kier molecular flexibility index (Phi) is 8.15. The van der Waals surface area contributed by atoms with Crippen molar-refractivity contribution in [2.45, 2.75) is 64.7 Å². The number of allylic oxidation sites excluding steroid dienone is 6. The van der Waals surface area contributed by atoms with E-state index < -0.39 is 0 Å². The Bertz CT molecular complexity index is 2060. The van der Waals surface area contributed by atoms with Crippen molar-refractivity contribution in [3.63, 3.8) is 0 Å². The van der Waals surface area contributed by atoms with Crippen LogP contribution in [0.5, 0.6) is 0 Å². The summed E-state index contributed by atoms with van der Waals surface area (Å²) in [5.41, 5.74) is 20.3. The maximum atomic E-state index is 4.58. The minimum absolute atomic E-state index is 0.368. The fourth-order valence-corrected chi connectivity index (χ4v) is 9.36. The molecule has 5 atom stereocenters. The average molecular weight is 637 g/mol. The zero-order valence-electron chi connectivity index (χ0n) is 29.4. The first kappa shape index (κ1) is 31.6. The van der Waals surface area contributed by atoms with Crippen molar-refractivity contribution in [3.8, 4) is 0 Å². The van der Waals surface area contributed by atoms with Crippen molar-refractivity contribution in [3.05, 3.63) is 195 Å². The molecule has 3 fully saturated rings. The molecular formula is C49H48. The highest BCUT2D eigenvalue weighted by Gasteiger charge is 2.44. The van der Waals surface area contributed by atoms with E-state index in [0.717, 1.165) is 12.8 Å². The predicted octanol–water partition coefficient (Wildman–Crippen LogP) is 13.0. The number of aryl methyl sites for hydroxylation is 1. The molecule has 0 radical (unpaired) electrons. The van der Waals surface area contributed by atoms with Gasteiger partial charge in [-0.1, -0.05) is 160 Å². The van der Waals surface area contributed by atoms with Gasteiger partial charge in [0.1, 0.15) is 0 Å². The second-order valence-electron chi connectivity index (χ2n) is 15.2. The SMILES string of the molecule is C=C1CC(=C2CC(=Cc3ccc4c(c3)C3CCCC3C4c3ccc(C=C(c4ccccc4)c4ccc(C)cc4)cc3)C(=C)C2C)C(=C)C1C. The van der Waals surface area contributed by atoms with Gasteiger partial charge in [0.15, 0.2) is 0 Å². The third kappa shape index (κ3) is 5.66. The van der Waals surface area contributed by atoms with Crippen LogP contribution in [0.15, 0.2) is 150 Å². The van der Waals surface area contributed by atoms with Crippen molar-refractivity contribution >= 4 is 17.7 Å². The molecule has 0 bridgehead atoms. The summed E-state index contributed by atoms with van der Waals surface area (Å²) < 4.78 is 0. The van der Waals surface area contributed by atoms with E-state index in [1.54, 1.807) is 11.1 Å². The lowest BCUT2D eigenvalue weighted by molar-refractivity contribution is 0.476. The van der Waals surface area contributed by atoms with Crippen LogP contribution in [0.4, 0.5) is 0 Å². The van der Waals surface area contributed by atoms with E-state index in [-0.39, 0.29) is 0 Å². The van der Waals surface area contributed by atoms with Crippen molar-refractivity contribution in [2.24, 2.45) is 17.8 Å². The van der Waals surface area contributed by atoms with Crippen LogP contribution in [0.1, 0.15) is 102 Å². The Labute approximate surface area is 294 Å². The topological polar surface area (TPSA) is 0 Å². The molecule has 0 heteroatoms. The van der Waals surface area contributed by atoms with Gasteiger partial charge in [-0.2, -0.15) is 0 Å². The third-order valence-electron chi connectivity index (χ3n) is 12.4. The second-order valence-corrected chi connectivity index (χ2v) is 15.2. The monoisotopic (exact) mass is 636 g/mol. The van der Waals surface area contributed by atoms with Gasteiger partial charge in [-0.25, -0.2) is 0 Å². The van der Waals surface area contributed by atoms with E-state index in [1.807, 2.05) is 0 Å². The van der Waals surface area contributed by atoms with E-state index in [2.05, 4.69) is 150 Å². The molecule has 0 saturated heterocycles. The fourth-order valence-electron chi connectivity index (χ4n) is 9.36. The van der Waals surface area contributed by atoms with Gasteiger partial charge in [-0.15, -0.1) is 0 Å². The van der Waals surface area contributed by atoms with Crippen molar-refractivity contribution < 1.29 is 0 Å². The van der Waals surface area contributed by atoms with Crippen molar-refractivity contribution in [1.82, 2.24) is 0 Å². The quantitative estimate of drug-likeness (QED) is 0.151. The van der Waals surface area contributed by atoms with Crippen LogP contribution in [-0.2, 0) is 0 Å². The van der Waals surface area contributed by atoms with Crippen LogP contribution >= 0.6 is 0 Å². The normalized spacial score (nSPS) is 27.3. The average Bonchev–Trinajstić information content (AvgIpc) is 3.85. The van der Waals surface area contributed by atoms with Crippen LogP contribution in [0.25, 0.3) is 17.7 Å². The number of benzene rings is 4. The summed E-state index contributed by atoms with van der Waals surface area (Å²) in [6.07, 6.45) is 10.7. The summed E-state index contributed by atoms with van der Waals surface area (Å²) in [6.45, 7) is 20.1. The van der Waals surface area contributed by atoms with E-state index in [9.17, 15) is 0 Å². The van der Waals surface area contributed by atoms with Gasteiger partial charge in [-0.05, 0) is 117 Å². The smallest absolute Gasteiger partial charge is 0.0126 e. The first-order valence-electron chi connectivity index (χ1n) is 18.3. The molecule has 4 aromatic rings. The third-order valence-corrected chi connectivity index (χ3v) is 12.4. The van der Waals surface area contributed by atoms with Crippen LogP contribution < -0.4 is 0 Å². The van der Waals surface area contributed by atoms with Crippen LogP contribution in [0.3, 0.4) is 0 Å². The van der Waals surface area contributed by atoms with Gasteiger partial charge in [0, 0.05) is 17.8 Å². The van der Waals surface area contributed by atoms with Crippen molar-refractivity contribution in [2.75, 3.05) is 0 Å². The first-order valence-corrected chi connectivity index (χ1v) is 18.3. The molecule has 4 aliphatic rings. The largest absolute Gasteiger partial charge is 0.0989 e. The van der Waals surface area contributed by atoms with Gasteiger partial charge in [0.05, 0.1) is 0 Å². The van der Waals surface area contributed by atoms with Gasteiger partial charge in [-0.3, -0.25) is 0 Å². The molecule has 4 aliphatic carbocycles. The van der Waals surface area contributed by atoms with Crippen LogP contribution in [0.2, 0.25) is 0 Å². The van der Waals surface area contributed by atoms with Crippen molar-refractivity contribution in [1.29, 1.82) is 0 Å². The predicted molar refractivity (Wildman–Crippen MR) is 209 cm³/mol. The lowest BCUT2D eigenvalue weighted by Gasteiger charge is -2.20. The molecule has 0 nitrogen and oxygen atoms in total.